The second-order valence-corrected chi connectivity index (χ2v) is 7.30. The van der Waals surface area contributed by atoms with Crippen LogP contribution in [0.15, 0.2) is 42.5 Å². The molecule has 4 aliphatic rings. The molecule has 8 heteroatoms. The zero-order chi connectivity index (χ0) is 20.4. The number of esters is 1. The number of anilines is 2. The van der Waals surface area contributed by atoms with E-state index in [4.69, 9.17) is 10.5 Å². The normalized spacial score (nSPS) is 26.3. The molecule has 29 heavy (non-hydrogen) atoms. The number of nitrogen functional groups attached to an aromatic ring is 1. The van der Waals surface area contributed by atoms with Crippen LogP contribution < -0.4 is 10.6 Å². The number of imide groups is 1. The summed E-state index contributed by atoms with van der Waals surface area (Å²) in [5, 5.41) is 9.68. The summed E-state index contributed by atoms with van der Waals surface area (Å²) >= 11 is 0. The van der Waals surface area contributed by atoms with E-state index in [1.807, 2.05) is 18.2 Å². The van der Waals surface area contributed by atoms with Gasteiger partial charge >= 0.3 is 5.97 Å². The number of benzene rings is 1. The summed E-state index contributed by atoms with van der Waals surface area (Å²) in [5.74, 6) is -3.15. The van der Waals surface area contributed by atoms with Crippen molar-refractivity contribution in [3.05, 3.63) is 59.4 Å². The summed E-state index contributed by atoms with van der Waals surface area (Å²) in [6.07, 6.45) is 3.65. The van der Waals surface area contributed by atoms with E-state index in [9.17, 15) is 19.6 Å². The smallest absolute Gasteiger partial charge is 0.356 e. The maximum atomic E-state index is 13.3. The van der Waals surface area contributed by atoms with Crippen LogP contribution in [0.1, 0.15) is 33.7 Å². The number of rotatable bonds is 2. The number of carbonyl (C=O) groups is 3. The molecule has 1 saturated heterocycles. The maximum Gasteiger partial charge on any atom is 0.356 e. The highest BCUT2D eigenvalue weighted by Crippen LogP contribution is 2.56. The third-order valence-electron chi connectivity index (χ3n) is 6.07. The number of para-hydroxylation sites is 1. The van der Waals surface area contributed by atoms with E-state index < -0.39 is 29.8 Å². The largest absolute Gasteiger partial charge is 0.464 e. The number of aromatic nitrogens is 1. The van der Waals surface area contributed by atoms with Gasteiger partial charge in [-0.05, 0) is 12.1 Å². The van der Waals surface area contributed by atoms with Crippen LogP contribution in [-0.2, 0) is 14.3 Å². The molecule has 4 atom stereocenters. The van der Waals surface area contributed by atoms with Gasteiger partial charge in [0.15, 0.2) is 5.69 Å². The van der Waals surface area contributed by atoms with Crippen LogP contribution in [0.5, 0.6) is 0 Å². The van der Waals surface area contributed by atoms with Crippen molar-refractivity contribution in [3.8, 4) is 6.07 Å². The Bertz CT molecular complexity index is 1160. The van der Waals surface area contributed by atoms with Crippen LogP contribution in [0.2, 0.25) is 0 Å². The predicted molar refractivity (Wildman–Crippen MR) is 102 cm³/mol. The number of hydrogen-bond donors (Lipinski definition) is 1. The Labute approximate surface area is 165 Å². The summed E-state index contributed by atoms with van der Waals surface area (Å²) in [4.78, 5) is 40.2. The van der Waals surface area contributed by atoms with Gasteiger partial charge in [-0.1, -0.05) is 30.4 Å². The molecule has 4 heterocycles. The number of amides is 2. The van der Waals surface area contributed by atoms with Crippen molar-refractivity contribution >= 4 is 29.2 Å². The van der Waals surface area contributed by atoms with E-state index in [0.717, 1.165) is 0 Å². The first kappa shape index (κ1) is 17.3. The molecule has 1 aromatic carbocycles. The number of allylic oxidation sites excluding steroid dienone is 2. The average molecular weight is 388 g/mol. The highest BCUT2D eigenvalue weighted by atomic mass is 16.5. The fourth-order valence-corrected chi connectivity index (χ4v) is 4.95. The zero-order valence-electron chi connectivity index (χ0n) is 15.4. The molecule has 0 radical (unpaired) electrons. The van der Waals surface area contributed by atoms with E-state index >= 15 is 0 Å². The van der Waals surface area contributed by atoms with Gasteiger partial charge in [0.1, 0.15) is 6.07 Å². The van der Waals surface area contributed by atoms with Crippen LogP contribution in [0.25, 0.3) is 0 Å². The second kappa shape index (κ2) is 5.82. The number of hydrogen-bond acceptors (Lipinski definition) is 6. The maximum absolute atomic E-state index is 13.3. The third-order valence-corrected chi connectivity index (χ3v) is 6.07. The Balaban J connectivity index is 1.71. The number of nitrogens with two attached hydrogens (primary N) is 1. The number of ether oxygens (including phenoxy) is 1. The van der Waals surface area contributed by atoms with Gasteiger partial charge in [-0.3, -0.25) is 9.59 Å². The fourth-order valence-electron chi connectivity index (χ4n) is 4.95. The van der Waals surface area contributed by atoms with Crippen LogP contribution in [-0.4, -0.2) is 29.5 Å². The number of methoxy groups -OCH3 is 1. The fraction of sp³-hybridized carbons (Fsp3) is 0.238. The van der Waals surface area contributed by atoms with Crippen molar-refractivity contribution in [2.24, 2.45) is 11.8 Å². The summed E-state index contributed by atoms with van der Waals surface area (Å²) in [6.45, 7) is 0. The van der Waals surface area contributed by atoms with Gasteiger partial charge in [0.2, 0.25) is 11.8 Å². The predicted octanol–water partition coefficient (Wildman–Crippen LogP) is 1.74. The van der Waals surface area contributed by atoms with Crippen molar-refractivity contribution in [2.45, 2.75) is 12.0 Å². The van der Waals surface area contributed by atoms with Gasteiger partial charge in [-0.15, -0.1) is 0 Å². The van der Waals surface area contributed by atoms with Crippen molar-refractivity contribution in [3.63, 3.8) is 0 Å². The molecule has 144 valence electrons. The summed E-state index contributed by atoms with van der Waals surface area (Å²) < 4.78 is 6.48. The molecule has 8 nitrogen and oxygen atoms in total. The SMILES string of the molecule is COC(=O)c1c(N)c(C#N)c2n1C1C=CC2C2C(=O)N(c3ccccc3)C(=O)C21. The summed E-state index contributed by atoms with van der Waals surface area (Å²) in [7, 11) is 1.23. The van der Waals surface area contributed by atoms with E-state index in [-0.39, 0.29) is 28.8 Å². The monoisotopic (exact) mass is 388 g/mol. The van der Waals surface area contributed by atoms with Crippen molar-refractivity contribution in [1.82, 2.24) is 4.57 Å². The second-order valence-electron chi connectivity index (χ2n) is 7.30. The minimum Gasteiger partial charge on any atom is -0.464 e. The average Bonchev–Trinajstić information content (AvgIpc) is 3.20. The van der Waals surface area contributed by atoms with E-state index in [1.165, 1.54) is 12.0 Å². The summed E-state index contributed by atoms with van der Waals surface area (Å²) in [6, 6.07) is 10.2. The third kappa shape index (κ3) is 1.99. The molecular formula is C21H16N4O4. The molecule has 2 bridgehead atoms. The highest BCUT2D eigenvalue weighted by Gasteiger charge is 2.60. The molecule has 2 N–H and O–H groups in total. The van der Waals surface area contributed by atoms with Crippen molar-refractivity contribution < 1.29 is 19.1 Å². The molecule has 2 amide bonds. The molecule has 4 unspecified atom stereocenters. The number of carbonyl (C=O) groups excluding carboxylic acids is 3. The van der Waals surface area contributed by atoms with Gasteiger partial charge in [0.05, 0.1) is 41.9 Å². The van der Waals surface area contributed by atoms with Crippen LogP contribution in [0.3, 0.4) is 0 Å². The molecule has 1 fully saturated rings. The number of nitrogens with zero attached hydrogens (tertiary/aromatic N) is 3. The lowest BCUT2D eigenvalue weighted by Crippen LogP contribution is -2.42. The Hall–Kier alpha value is -3.86. The van der Waals surface area contributed by atoms with Gasteiger partial charge in [0, 0.05) is 11.6 Å². The van der Waals surface area contributed by atoms with Gasteiger partial charge in [0.25, 0.3) is 0 Å². The zero-order valence-corrected chi connectivity index (χ0v) is 15.4. The molecular weight excluding hydrogens is 372 g/mol. The van der Waals surface area contributed by atoms with E-state index in [2.05, 4.69) is 6.07 Å². The highest BCUT2D eigenvalue weighted by molar-refractivity contribution is 6.23. The van der Waals surface area contributed by atoms with E-state index in [1.54, 1.807) is 28.8 Å². The van der Waals surface area contributed by atoms with Gasteiger partial charge in [-0.2, -0.15) is 5.26 Å². The minimum atomic E-state index is -0.681. The quantitative estimate of drug-likeness (QED) is 0.476. The first-order valence-electron chi connectivity index (χ1n) is 9.14. The summed E-state index contributed by atoms with van der Waals surface area (Å²) in [5.41, 5.74) is 7.34. The standard InChI is InChI=1S/C21H16N4O4/c1-29-21(28)18-16(23)12(9-22)17-11-7-8-13(25(17)18)15-14(11)19(26)24(20(15)27)10-5-3-2-4-6-10/h2-8,11,13-15H,23H2,1H3. The van der Waals surface area contributed by atoms with Crippen LogP contribution in [0, 0.1) is 23.2 Å². The first-order valence-corrected chi connectivity index (χ1v) is 9.14. The lowest BCUT2D eigenvalue weighted by molar-refractivity contribution is -0.122. The first-order chi connectivity index (χ1) is 14.0. The molecule has 3 aliphatic heterocycles. The van der Waals surface area contributed by atoms with Gasteiger partial charge < -0.3 is 15.0 Å². The molecule has 6 rings (SSSR count). The Kier molecular flexibility index (Phi) is 3.46. The topological polar surface area (TPSA) is 118 Å². The van der Waals surface area contributed by atoms with Crippen LogP contribution >= 0.6 is 0 Å². The Morgan fingerprint density at radius 1 is 1.14 bits per heavy atom. The lowest BCUT2D eigenvalue weighted by atomic mass is 9.69. The molecule has 2 aromatic rings. The molecule has 0 spiro atoms. The Morgan fingerprint density at radius 3 is 2.48 bits per heavy atom. The Morgan fingerprint density at radius 2 is 1.83 bits per heavy atom. The van der Waals surface area contributed by atoms with Crippen LogP contribution in [0.4, 0.5) is 11.4 Å². The van der Waals surface area contributed by atoms with Crippen molar-refractivity contribution in [2.75, 3.05) is 17.7 Å². The van der Waals surface area contributed by atoms with Crippen molar-refractivity contribution in [1.29, 1.82) is 5.26 Å². The minimum absolute atomic E-state index is 0.0211. The number of nitriles is 1. The lowest BCUT2D eigenvalue weighted by Gasteiger charge is -2.41. The molecule has 1 aromatic heterocycles. The molecule has 0 saturated carbocycles. The van der Waals surface area contributed by atoms with Gasteiger partial charge in [-0.25, -0.2) is 9.69 Å². The van der Waals surface area contributed by atoms with E-state index in [0.29, 0.717) is 11.4 Å². The molecule has 1 aliphatic carbocycles.